The van der Waals surface area contributed by atoms with Crippen LogP contribution in [0.4, 0.5) is 4.39 Å². The maximum absolute atomic E-state index is 13.3. The Hall–Kier alpha value is -2.87. The third-order valence-electron chi connectivity index (χ3n) is 4.78. The molecular formula is C24H28FNO5. The highest BCUT2D eigenvalue weighted by Crippen LogP contribution is 2.28. The summed E-state index contributed by atoms with van der Waals surface area (Å²) in [5, 5.41) is 10.5. The van der Waals surface area contributed by atoms with Crippen molar-refractivity contribution in [3.63, 3.8) is 0 Å². The Morgan fingerprint density at radius 3 is 2.35 bits per heavy atom. The number of ether oxygens (including phenoxy) is 3. The Morgan fingerprint density at radius 1 is 0.968 bits per heavy atom. The molecule has 7 heteroatoms. The van der Waals surface area contributed by atoms with E-state index in [1.807, 2.05) is 24.3 Å². The van der Waals surface area contributed by atoms with Crippen LogP contribution in [-0.4, -0.2) is 43.5 Å². The van der Waals surface area contributed by atoms with E-state index in [1.54, 1.807) is 38.7 Å². The lowest BCUT2D eigenvalue weighted by molar-refractivity contribution is 0.00252. The molecule has 0 aliphatic rings. The van der Waals surface area contributed by atoms with Crippen LogP contribution in [0.2, 0.25) is 0 Å². The van der Waals surface area contributed by atoms with Gasteiger partial charge in [0, 0.05) is 19.6 Å². The maximum atomic E-state index is 13.3. The molecule has 1 unspecified atom stereocenters. The SMILES string of the molecule is COc1ccc(CN(Cc2ccc(F)cc2)CC(O)COCc2ccco2)cc1OC. The topological polar surface area (TPSA) is 64.3 Å². The van der Waals surface area contributed by atoms with Gasteiger partial charge in [0.25, 0.3) is 0 Å². The summed E-state index contributed by atoms with van der Waals surface area (Å²) < 4.78 is 34.8. The molecule has 0 amide bonds. The van der Waals surface area contributed by atoms with Gasteiger partial charge in [-0.3, -0.25) is 4.90 Å². The van der Waals surface area contributed by atoms with Crippen molar-refractivity contribution in [1.29, 1.82) is 0 Å². The number of furan rings is 1. The Balaban J connectivity index is 1.65. The van der Waals surface area contributed by atoms with E-state index >= 15 is 0 Å². The molecule has 0 radical (unpaired) electrons. The van der Waals surface area contributed by atoms with Crippen molar-refractivity contribution in [3.05, 3.63) is 83.6 Å². The minimum atomic E-state index is -0.699. The lowest BCUT2D eigenvalue weighted by atomic mass is 10.1. The predicted molar refractivity (Wildman–Crippen MR) is 114 cm³/mol. The molecule has 0 aliphatic carbocycles. The fourth-order valence-corrected chi connectivity index (χ4v) is 3.31. The van der Waals surface area contributed by atoms with Crippen LogP contribution in [0.3, 0.4) is 0 Å². The van der Waals surface area contributed by atoms with Crippen molar-refractivity contribution in [1.82, 2.24) is 4.90 Å². The lowest BCUT2D eigenvalue weighted by Crippen LogP contribution is -2.34. The van der Waals surface area contributed by atoms with Crippen LogP contribution in [-0.2, 0) is 24.4 Å². The molecule has 0 saturated carbocycles. The molecular weight excluding hydrogens is 401 g/mol. The van der Waals surface area contributed by atoms with E-state index in [0.717, 1.165) is 11.1 Å². The molecule has 0 bridgehead atoms. The largest absolute Gasteiger partial charge is 0.493 e. The molecule has 1 heterocycles. The molecule has 0 spiro atoms. The molecule has 0 aliphatic heterocycles. The maximum Gasteiger partial charge on any atom is 0.161 e. The first-order valence-corrected chi connectivity index (χ1v) is 10.0. The minimum Gasteiger partial charge on any atom is -0.493 e. The summed E-state index contributed by atoms with van der Waals surface area (Å²) in [6, 6.07) is 15.7. The summed E-state index contributed by atoms with van der Waals surface area (Å²) >= 11 is 0. The number of hydrogen-bond donors (Lipinski definition) is 1. The van der Waals surface area contributed by atoms with Crippen molar-refractivity contribution in [2.45, 2.75) is 25.8 Å². The van der Waals surface area contributed by atoms with Crippen molar-refractivity contribution in [2.24, 2.45) is 0 Å². The number of aliphatic hydroxyl groups excluding tert-OH is 1. The molecule has 1 atom stereocenters. The fourth-order valence-electron chi connectivity index (χ4n) is 3.31. The number of nitrogens with zero attached hydrogens (tertiary/aromatic N) is 1. The standard InChI is InChI=1S/C24H28FNO5/c1-28-23-10-7-19(12-24(23)29-2)14-26(13-18-5-8-20(25)9-6-18)15-21(27)16-30-17-22-4-3-11-31-22/h3-12,21,27H,13-17H2,1-2H3. The summed E-state index contributed by atoms with van der Waals surface area (Å²) in [5.74, 6) is 1.73. The lowest BCUT2D eigenvalue weighted by Gasteiger charge is -2.25. The number of benzene rings is 2. The van der Waals surface area contributed by atoms with Gasteiger partial charge in [-0.25, -0.2) is 4.39 Å². The molecule has 2 aromatic carbocycles. The highest BCUT2D eigenvalue weighted by Gasteiger charge is 2.15. The van der Waals surface area contributed by atoms with Crippen molar-refractivity contribution < 1.29 is 28.1 Å². The molecule has 31 heavy (non-hydrogen) atoms. The normalized spacial score (nSPS) is 12.2. The molecule has 0 saturated heterocycles. The summed E-state index contributed by atoms with van der Waals surface area (Å²) in [5.41, 5.74) is 1.95. The second-order valence-electron chi connectivity index (χ2n) is 7.23. The Bertz CT molecular complexity index is 914. The van der Waals surface area contributed by atoms with E-state index < -0.39 is 6.10 Å². The Morgan fingerprint density at radius 2 is 1.68 bits per heavy atom. The Labute approximate surface area is 181 Å². The summed E-state index contributed by atoms with van der Waals surface area (Å²) in [6.07, 6.45) is 0.887. The highest BCUT2D eigenvalue weighted by atomic mass is 19.1. The van der Waals surface area contributed by atoms with Gasteiger partial charge in [-0.05, 0) is 47.5 Å². The van der Waals surface area contributed by atoms with E-state index in [0.29, 0.717) is 43.5 Å². The molecule has 3 rings (SSSR count). The molecule has 1 N–H and O–H groups in total. The van der Waals surface area contributed by atoms with Gasteiger partial charge in [0.05, 0.1) is 33.2 Å². The van der Waals surface area contributed by atoms with Gasteiger partial charge < -0.3 is 23.7 Å². The van der Waals surface area contributed by atoms with E-state index in [9.17, 15) is 9.50 Å². The van der Waals surface area contributed by atoms with E-state index in [2.05, 4.69) is 4.90 Å². The fraction of sp³-hybridized carbons (Fsp3) is 0.333. The van der Waals surface area contributed by atoms with Gasteiger partial charge in [-0.2, -0.15) is 0 Å². The van der Waals surface area contributed by atoms with Gasteiger partial charge in [0.1, 0.15) is 18.2 Å². The number of halogens is 1. The first-order valence-electron chi connectivity index (χ1n) is 10.0. The van der Waals surface area contributed by atoms with Crippen LogP contribution in [0.25, 0.3) is 0 Å². The zero-order valence-corrected chi connectivity index (χ0v) is 17.8. The van der Waals surface area contributed by atoms with Crippen LogP contribution in [0.1, 0.15) is 16.9 Å². The number of rotatable bonds is 12. The number of aliphatic hydroxyl groups is 1. The smallest absolute Gasteiger partial charge is 0.161 e. The summed E-state index contributed by atoms with van der Waals surface area (Å²) in [4.78, 5) is 2.08. The predicted octanol–water partition coefficient (Wildman–Crippen LogP) is 4.02. The zero-order chi connectivity index (χ0) is 22.1. The number of methoxy groups -OCH3 is 2. The van der Waals surface area contributed by atoms with Crippen LogP contribution in [0.5, 0.6) is 11.5 Å². The highest BCUT2D eigenvalue weighted by molar-refractivity contribution is 5.42. The molecule has 3 aromatic rings. The first kappa shape index (κ1) is 22.8. The van der Waals surface area contributed by atoms with Crippen molar-refractivity contribution in [2.75, 3.05) is 27.4 Å². The quantitative estimate of drug-likeness (QED) is 0.469. The monoisotopic (exact) mass is 429 g/mol. The van der Waals surface area contributed by atoms with Gasteiger partial charge in [-0.1, -0.05) is 18.2 Å². The van der Waals surface area contributed by atoms with E-state index in [-0.39, 0.29) is 12.4 Å². The van der Waals surface area contributed by atoms with E-state index in [1.165, 1.54) is 12.1 Å². The van der Waals surface area contributed by atoms with Crippen LogP contribution in [0.15, 0.2) is 65.3 Å². The van der Waals surface area contributed by atoms with Gasteiger partial charge in [0.2, 0.25) is 0 Å². The molecule has 6 nitrogen and oxygen atoms in total. The van der Waals surface area contributed by atoms with Gasteiger partial charge in [0.15, 0.2) is 11.5 Å². The van der Waals surface area contributed by atoms with E-state index in [4.69, 9.17) is 18.6 Å². The van der Waals surface area contributed by atoms with Crippen LogP contribution < -0.4 is 9.47 Å². The Kier molecular flexibility index (Phi) is 8.46. The average Bonchev–Trinajstić information content (AvgIpc) is 3.28. The molecule has 1 aromatic heterocycles. The molecule has 166 valence electrons. The van der Waals surface area contributed by atoms with Crippen LogP contribution in [0, 0.1) is 5.82 Å². The second kappa shape index (κ2) is 11.5. The van der Waals surface area contributed by atoms with Gasteiger partial charge >= 0.3 is 0 Å². The summed E-state index contributed by atoms with van der Waals surface area (Å²) in [6.45, 7) is 1.96. The summed E-state index contributed by atoms with van der Waals surface area (Å²) in [7, 11) is 3.19. The number of hydrogen-bond acceptors (Lipinski definition) is 6. The van der Waals surface area contributed by atoms with Crippen molar-refractivity contribution >= 4 is 0 Å². The average molecular weight is 429 g/mol. The molecule has 0 fully saturated rings. The third-order valence-corrected chi connectivity index (χ3v) is 4.78. The zero-order valence-electron chi connectivity index (χ0n) is 17.8. The van der Waals surface area contributed by atoms with Gasteiger partial charge in [-0.15, -0.1) is 0 Å². The second-order valence-corrected chi connectivity index (χ2v) is 7.23. The third kappa shape index (κ3) is 7.10. The first-order chi connectivity index (χ1) is 15.1. The minimum absolute atomic E-state index is 0.173. The van der Waals surface area contributed by atoms with Crippen LogP contribution >= 0.6 is 0 Å². The van der Waals surface area contributed by atoms with Crippen molar-refractivity contribution in [3.8, 4) is 11.5 Å².